The van der Waals surface area contributed by atoms with E-state index >= 15 is 0 Å². The molecule has 0 aliphatic heterocycles. The molecule has 0 aliphatic carbocycles. The van der Waals surface area contributed by atoms with Crippen LogP contribution in [-0.2, 0) is 20.8 Å². The Hall–Kier alpha value is -2.34. The van der Waals surface area contributed by atoms with Crippen LogP contribution < -0.4 is 3.71 Å². The number of carbonyl (C=O) groups excluding carboxylic acids is 2. The Balaban J connectivity index is 0.000000905. The first-order chi connectivity index (χ1) is 16.9. The fraction of sp³-hybridized carbons (Fsp3) is 0.556. The Morgan fingerprint density at radius 2 is 1.49 bits per heavy atom. The third kappa shape index (κ3) is 9.67. The molecule has 1 aromatic carbocycles. The van der Waals surface area contributed by atoms with Gasteiger partial charge >= 0.3 is 186 Å². The fourth-order valence-corrected chi connectivity index (χ4v) is 20.0. The third-order valence-electron chi connectivity index (χ3n) is 6.12. The number of aromatic nitrogens is 3. The first-order valence-electron chi connectivity index (χ1n) is 12.5. The van der Waals surface area contributed by atoms with Gasteiger partial charge in [0, 0.05) is 5.92 Å². The minimum atomic E-state index is -2.89. The summed E-state index contributed by atoms with van der Waals surface area (Å²) in [7, 11) is 2.70. The zero-order valence-corrected chi connectivity index (χ0v) is 24.9. The van der Waals surface area contributed by atoms with Gasteiger partial charge in [-0.1, -0.05) is 0 Å². The van der Waals surface area contributed by atoms with Crippen molar-refractivity contribution in [2.75, 3.05) is 14.2 Å². The number of rotatable bonds is 13. The predicted molar refractivity (Wildman–Crippen MR) is 142 cm³/mol. The molecule has 0 radical (unpaired) electrons. The summed E-state index contributed by atoms with van der Waals surface area (Å²) in [6.07, 6.45) is 11.8. The monoisotopic (exact) mass is 591 g/mol. The van der Waals surface area contributed by atoms with Crippen LogP contribution in [0.4, 0.5) is 0 Å². The van der Waals surface area contributed by atoms with Crippen LogP contribution in [0.1, 0.15) is 75.3 Å². The zero-order chi connectivity index (χ0) is 26.1. The van der Waals surface area contributed by atoms with E-state index in [-0.39, 0.29) is 5.97 Å². The number of methoxy groups -OCH3 is 2. The molecule has 0 unspecified atom stereocenters. The van der Waals surface area contributed by atoms with Gasteiger partial charge < -0.3 is 4.74 Å². The molecule has 0 atom stereocenters. The molecule has 1 aromatic heterocycles. The number of esters is 2. The molecular weight excluding hydrogens is 549 g/mol. The second-order valence-electron chi connectivity index (χ2n) is 8.65. The van der Waals surface area contributed by atoms with Crippen LogP contribution in [0, 0.1) is 12.3 Å². The van der Waals surface area contributed by atoms with Crippen molar-refractivity contribution in [3.8, 4) is 12.3 Å². The molecule has 7 nitrogen and oxygen atoms in total. The minimum absolute atomic E-state index is 0.286. The fourth-order valence-electron chi connectivity index (χ4n) is 4.17. The number of ether oxygens (including phenoxy) is 2. The number of hydrogen-bond acceptors (Lipinski definition) is 6. The van der Waals surface area contributed by atoms with E-state index < -0.39 is 24.3 Å². The van der Waals surface area contributed by atoms with E-state index in [2.05, 4.69) is 49.3 Å². The van der Waals surface area contributed by atoms with Gasteiger partial charge in [0.2, 0.25) is 0 Å². The summed E-state index contributed by atoms with van der Waals surface area (Å²) in [5, 5.41) is 9.21. The van der Waals surface area contributed by atoms with Gasteiger partial charge in [-0.15, -0.1) is 6.42 Å². The topological polar surface area (TPSA) is 83.3 Å². The first kappa shape index (κ1) is 30.7. The quantitative estimate of drug-likeness (QED) is 0.142. The van der Waals surface area contributed by atoms with Crippen LogP contribution in [0.5, 0.6) is 0 Å². The average Bonchev–Trinajstić information content (AvgIpc) is 3.32. The molecule has 8 heteroatoms. The summed E-state index contributed by atoms with van der Waals surface area (Å²) >= 11 is -2.89. The molecule has 0 bridgehead atoms. The normalized spacial score (nSPS) is 10.6. The summed E-state index contributed by atoms with van der Waals surface area (Å²) in [5.74, 6) is 0.838. The molecule has 2 rings (SSSR count). The number of terminal acetylenes is 1. The maximum absolute atomic E-state index is 12.9. The van der Waals surface area contributed by atoms with Crippen LogP contribution >= 0.6 is 0 Å². The second-order valence-corrected chi connectivity index (χ2v) is 21.6. The van der Waals surface area contributed by atoms with E-state index in [1.54, 1.807) is 10.6 Å². The van der Waals surface area contributed by atoms with Gasteiger partial charge in [-0.3, -0.25) is 0 Å². The molecular formula is C27H41N3O4Sn. The number of unbranched alkanes of at least 4 members (excludes halogenated alkanes) is 3. The Morgan fingerprint density at radius 1 is 0.943 bits per heavy atom. The molecule has 35 heavy (non-hydrogen) atoms. The zero-order valence-electron chi connectivity index (χ0n) is 22.0. The molecule has 192 valence electrons. The summed E-state index contributed by atoms with van der Waals surface area (Å²) in [6, 6.07) is 10.1. The van der Waals surface area contributed by atoms with E-state index in [0.29, 0.717) is 12.2 Å². The van der Waals surface area contributed by atoms with Crippen molar-refractivity contribution in [1.82, 2.24) is 15.0 Å². The molecule has 0 aliphatic rings. The van der Waals surface area contributed by atoms with E-state index in [1.807, 2.05) is 18.2 Å². The Morgan fingerprint density at radius 3 is 1.89 bits per heavy atom. The van der Waals surface area contributed by atoms with E-state index in [0.717, 1.165) is 9.27 Å². The maximum atomic E-state index is 12.9. The van der Waals surface area contributed by atoms with Crippen molar-refractivity contribution in [1.29, 1.82) is 0 Å². The van der Waals surface area contributed by atoms with Gasteiger partial charge in [-0.05, 0) is 0 Å². The standard InChI is InChI=1S/C11H10N3O2.C4H4O2.3C4H9.Sn/c1-16-11(15)10-7-12-13-14(10)8-9-5-3-2-4-6-9;1-3-4(5)6-2;3*1-3-4-2;/h2-6H,8H2,1H3;1H,2H3;3*1,3-4H2,2H3;. The molecule has 2 aromatic rings. The van der Waals surface area contributed by atoms with Gasteiger partial charge in [0.25, 0.3) is 0 Å². The molecule has 0 N–H and O–H groups in total. The number of nitrogens with zero attached hydrogens (tertiary/aromatic N) is 3. The van der Waals surface area contributed by atoms with Gasteiger partial charge in [0.05, 0.1) is 7.11 Å². The number of carbonyl (C=O) groups is 2. The number of benzene rings is 1. The molecule has 0 saturated heterocycles. The van der Waals surface area contributed by atoms with Crippen molar-refractivity contribution in [2.24, 2.45) is 0 Å². The predicted octanol–water partition coefficient (Wildman–Crippen LogP) is 4.96. The Bertz CT molecular complexity index is 916. The van der Waals surface area contributed by atoms with E-state index in [1.165, 1.54) is 66.1 Å². The molecule has 0 fully saturated rings. The van der Waals surface area contributed by atoms with E-state index in [9.17, 15) is 9.59 Å². The molecule has 0 saturated carbocycles. The van der Waals surface area contributed by atoms with Crippen LogP contribution in [0.3, 0.4) is 0 Å². The van der Waals surface area contributed by atoms with Crippen LogP contribution in [0.2, 0.25) is 13.3 Å². The average molecular weight is 590 g/mol. The Kier molecular flexibility index (Phi) is 15.0. The van der Waals surface area contributed by atoms with Crippen LogP contribution in [0.25, 0.3) is 0 Å². The molecule has 1 heterocycles. The van der Waals surface area contributed by atoms with Gasteiger partial charge in [0.1, 0.15) is 0 Å². The van der Waals surface area contributed by atoms with Crippen molar-refractivity contribution in [3.05, 3.63) is 41.6 Å². The Labute approximate surface area is 214 Å². The van der Waals surface area contributed by atoms with Crippen LogP contribution in [0.15, 0.2) is 30.3 Å². The molecule has 0 amide bonds. The van der Waals surface area contributed by atoms with Crippen LogP contribution in [-0.4, -0.2) is 59.5 Å². The molecule has 0 spiro atoms. The third-order valence-corrected chi connectivity index (χ3v) is 21.2. The van der Waals surface area contributed by atoms with Crippen molar-refractivity contribution >= 4 is 34.0 Å². The van der Waals surface area contributed by atoms with Gasteiger partial charge in [-0.25, -0.2) is 4.79 Å². The van der Waals surface area contributed by atoms with Gasteiger partial charge in [0.15, 0.2) is 0 Å². The summed E-state index contributed by atoms with van der Waals surface area (Å²) in [6.45, 7) is 7.31. The summed E-state index contributed by atoms with van der Waals surface area (Å²) in [4.78, 5) is 22.6. The SMILES string of the molecule is C#CC(=O)OC.CCC[CH2][Sn]([CH2]CCC)([CH2]CCC)[c]1nnn(Cc2ccccc2)c1C(=O)OC. The van der Waals surface area contributed by atoms with E-state index in [4.69, 9.17) is 9.84 Å². The van der Waals surface area contributed by atoms with Crippen molar-refractivity contribution in [3.63, 3.8) is 0 Å². The number of hydrogen-bond donors (Lipinski definition) is 0. The first-order valence-corrected chi connectivity index (χ1v) is 20.0. The summed E-state index contributed by atoms with van der Waals surface area (Å²) < 4.78 is 15.8. The second kappa shape index (κ2) is 17.1. The van der Waals surface area contributed by atoms with Gasteiger partial charge in [-0.2, -0.15) is 0 Å². The summed E-state index contributed by atoms with van der Waals surface area (Å²) in [5.41, 5.74) is 1.74. The van der Waals surface area contributed by atoms with Crippen molar-refractivity contribution in [2.45, 2.75) is 79.2 Å². The van der Waals surface area contributed by atoms with Crippen molar-refractivity contribution < 1.29 is 19.1 Å².